The van der Waals surface area contributed by atoms with Crippen molar-refractivity contribution in [2.24, 2.45) is 5.92 Å². The van der Waals surface area contributed by atoms with Crippen LogP contribution in [0, 0.1) is 17.2 Å². The van der Waals surface area contributed by atoms with Gasteiger partial charge in [0, 0.05) is 17.5 Å². The zero-order valence-electron chi connectivity index (χ0n) is 12.4. The molecule has 0 unspecified atom stereocenters. The van der Waals surface area contributed by atoms with E-state index >= 15 is 0 Å². The number of nitrogens with zero attached hydrogens (tertiary/aromatic N) is 1. The third-order valence-electron chi connectivity index (χ3n) is 3.27. The fourth-order valence-corrected chi connectivity index (χ4v) is 3.15. The monoisotopic (exact) mass is 300 g/mol. The summed E-state index contributed by atoms with van der Waals surface area (Å²) in [6.07, 6.45) is 0. The smallest absolute Gasteiger partial charge is 0.174 e. The van der Waals surface area contributed by atoms with E-state index in [1.54, 1.807) is 11.3 Å². The van der Waals surface area contributed by atoms with Crippen molar-refractivity contribution in [2.45, 2.75) is 26.4 Å². The summed E-state index contributed by atoms with van der Waals surface area (Å²) in [5.74, 6) is 1.28. The second-order valence-corrected chi connectivity index (χ2v) is 6.19. The van der Waals surface area contributed by atoms with Crippen molar-refractivity contribution >= 4 is 11.3 Å². The summed E-state index contributed by atoms with van der Waals surface area (Å²) in [7, 11) is 0. The standard InChI is InChI=1S/C17H20N2OS/c1-13(2)17(16-4-3-11-21-16)19-12-14-5-7-15(8-6-14)20-10-9-18/h3-8,11,13,17,19H,10,12H2,1-2H3/t17-/m1/s1. The summed E-state index contributed by atoms with van der Waals surface area (Å²) >= 11 is 1.79. The largest absolute Gasteiger partial charge is 0.479 e. The summed E-state index contributed by atoms with van der Waals surface area (Å²) < 4.78 is 5.25. The summed E-state index contributed by atoms with van der Waals surface area (Å²) in [6, 6.07) is 14.5. The Morgan fingerprint density at radius 2 is 2.00 bits per heavy atom. The second-order valence-electron chi connectivity index (χ2n) is 5.21. The molecule has 0 aliphatic rings. The molecule has 110 valence electrons. The molecule has 1 aromatic carbocycles. The fraction of sp³-hybridized carbons (Fsp3) is 0.353. The maximum Gasteiger partial charge on any atom is 0.174 e. The van der Waals surface area contributed by atoms with Crippen LogP contribution in [0.2, 0.25) is 0 Å². The SMILES string of the molecule is CC(C)[C@@H](NCc1ccc(OCC#N)cc1)c1cccs1. The van der Waals surface area contributed by atoms with Crippen LogP contribution in [0.5, 0.6) is 5.75 Å². The molecule has 0 spiro atoms. The van der Waals surface area contributed by atoms with E-state index in [0.717, 1.165) is 12.3 Å². The molecule has 0 saturated heterocycles. The minimum absolute atomic E-state index is 0.0887. The van der Waals surface area contributed by atoms with Gasteiger partial charge in [-0.15, -0.1) is 11.3 Å². The number of hydrogen-bond acceptors (Lipinski definition) is 4. The topological polar surface area (TPSA) is 45.0 Å². The van der Waals surface area contributed by atoms with Crippen molar-refractivity contribution in [2.75, 3.05) is 6.61 Å². The fourth-order valence-electron chi connectivity index (χ4n) is 2.18. The summed E-state index contributed by atoms with van der Waals surface area (Å²) in [5.41, 5.74) is 1.21. The number of thiophene rings is 1. The molecule has 2 aromatic rings. The van der Waals surface area contributed by atoms with E-state index in [1.807, 2.05) is 30.3 Å². The zero-order valence-corrected chi connectivity index (χ0v) is 13.2. The molecule has 0 saturated carbocycles. The van der Waals surface area contributed by atoms with Crippen molar-refractivity contribution in [3.63, 3.8) is 0 Å². The minimum Gasteiger partial charge on any atom is -0.479 e. The van der Waals surface area contributed by atoms with Gasteiger partial charge in [0.1, 0.15) is 11.8 Å². The van der Waals surface area contributed by atoms with Crippen LogP contribution in [-0.4, -0.2) is 6.61 Å². The molecular weight excluding hydrogens is 280 g/mol. The first-order valence-corrected chi connectivity index (χ1v) is 7.94. The molecule has 1 atom stereocenters. The lowest BCUT2D eigenvalue weighted by atomic mass is 10.0. The maximum atomic E-state index is 8.49. The van der Waals surface area contributed by atoms with Gasteiger partial charge in [0.05, 0.1) is 0 Å². The lowest BCUT2D eigenvalue weighted by Crippen LogP contribution is -2.24. The number of nitriles is 1. The van der Waals surface area contributed by atoms with Crippen molar-refractivity contribution in [3.8, 4) is 11.8 Å². The third-order valence-corrected chi connectivity index (χ3v) is 4.22. The number of hydrogen-bond donors (Lipinski definition) is 1. The van der Waals surface area contributed by atoms with Crippen LogP contribution in [0.3, 0.4) is 0 Å². The summed E-state index contributed by atoms with van der Waals surface area (Å²) in [4.78, 5) is 1.37. The van der Waals surface area contributed by atoms with E-state index in [2.05, 4.69) is 36.7 Å². The lowest BCUT2D eigenvalue weighted by Gasteiger charge is -2.21. The number of nitrogens with one attached hydrogen (secondary N) is 1. The van der Waals surface area contributed by atoms with E-state index in [4.69, 9.17) is 10.00 Å². The van der Waals surface area contributed by atoms with E-state index in [0.29, 0.717) is 12.0 Å². The van der Waals surface area contributed by atoms with E-state index in [1.165, 1.54) is 10.4 Å². The van der Waals surface area contributed by atoms with E-state index < -0.39 is 0 Å². The van der Waals surface area contributed by atoms with Crippen LogP contribution < -0.4 is 10.1 Å². The number of ether oxygens (including phenoxy) is 1. The van der Waals surface area contributed by atoms with Crippen LogP contribution in [0.25, 0.3) is 0 Å². The molecule has 3 nitrogen and oxygen atoms in total. The molecule has 0 radical (unpaired) electrons. The predicted molar refractivity (Wildman–Crippen MR) is 86.3 cm³/mol. The van der Waals surface area contributed by atoms with Gasteiger partial charge in [-0.25, -0.2) is 0 Å². The quantitative estimate of drug-likeness (QED) is 0.836. The molecule has 1 aromatic heterocycles. The molecule has 4 heteroatoms. The Bertz CT molecular complexity index is 570. The van der Waals surface area contributed by atoms with E-state index in [-0.39, 0.29) is 6.61 Å². The Labute approximate surface area is 130 Å². The molecule has 0 amide bonds. The van der Waals surface area contributed by atoms with Gasteiger partial charge in [-0.2, -0.15) is 5.26 Å². The maximum absolute atomic E-state index is 8.49. The highest BCUT2D eigenvalue weighted by molar-refractivity contribution is 7.10. The molecule has 0 aliphatic heterocycles. The minimum atomic E-state index is 0.0887. The lowest BCUT2D eigenvalue weighted by molar-refractivity contribution is 0.368. The van der Waals surface area contributed by atoms with Crippen LogP contribution in [-0.2, 0) is 6.54 Å². The third kappa shape index (κ3) is 4.59. The average Bonchev–Trinajstić information content (AvgIpc) is 3.00. The van der Waals surface area contributed by atoms with Gasteiger partial charge in [0.2, 0.25) is 0 Å². The van der Waals surface area contributed by atoms with Gasteiger partial charge >= 0.3 is 0 Å². The highest BCUT2D eigenvalue weighted by Crippen LogP contribution is 2.26. The Hall–Kier alpha value is -1.83. The van der Waals surface area contributed by atoms with E-state index in [9.17, 15) is 0 Å². The van der Waals surface area contributed by atoms with Crippen molar-refractivity contribution in [1.82, 2.24) is 5.32 Å². The predicted octanol–water partition coefficient (Wildman–Crippen LogP) is 4.14. The van der Waals surface area contributed by atoms with Crippen LogP contribution >= 0.6 is 11.3 Å². The Morgan fingerprint density at radius 3 is 2.57 bits per heavy atom. The van der Waals surface area contributed by atoms with Crippen LogP contribution in [0.4, 0.5) is 0 Å². The van der Waals surface area contributed by atoms with Gasteiger partial charge in [0.25, 0.3) is 0 Å². The summed E-state index contributed by atoms with van der Waals surface area (Å²) in [5, 5.41) is 14.2. The van der Waals surface area contributed by atoms with Gasteiger partial charge in [-0.3, -0.25) is 0 Å². The van der Waals surface area contributed by atoms with Crippen LogP contribution in [0.15, 0.2) is 41.8 Å². The molecule has 0 fully saturated rings. The molecule has 0 aliphatic carbocycles. The first-order valence-electron chi connectivity index (χ1n) is 7.06. The molecular formula is C17H20N2OS. The van der Waals surface area contributed by atoms with Gasteiger partial charge in [0.15, 0.2) is 6.61 Å². The van der Waals surface area contributed by atoms with Gasteiger partial charge in [-0.05, 0) is 35.1 Å². The highest BCUT2D eigenvalue weighted by atomic mass is 32.1. The molecule has 1 N–H and O–H groups in total. The van der Waals surface area contributed by atoms with Crippen LogP contribution in [0.1, 0.15) is 30.3 Å². The van der Waals surface area contributed by atoms with Gasteiger partial charge < -0.3 is 10.1 Å². The van der Waals surface area contributed by atoms with Crippen molar-refractivity contribution in [1.29, 1.82) is 5.26 Å². The summed E-state index contributed by atoms with van der Waals surface area (Å²) in [6.45, 7) is 5.37. The Morgan fingerprint density at radius 1 is 1.24 bits per heavy atom. The molecule has 2 rings (SSSR count). The number of rotatable bonds is 7. The zero-order chi connectivity index (χ0) is 15.1. The normalized spacial score (nSPS) is 12.1. The number of benzene rings is 1. The molecule has 1 heterocycles. The highest BCUT2D eigenvalue weighted by Gasteiger charge is 2.15. The average molecular weight is 300 g/mol. The Balaban J connectivity index is 1.93. The molecule has 0 bridgehead atoms. The van der Waals surface area contributed by atoms with Crippen molar-refractivity contribution in [3.05, 3.63) is 52.2 Å². The molecule has 21 heavy (non-hydrogen) atoms. The van der Waals surface area contributed by atoms with Crippen molar-refractivity contribution < 1.29 is 4.74 Å². The Kier molecular flexibility index (Phi) is 5.79. The second kappa shape index (κ2) is 7.82. The van der Waals surface area contributed by atoms with Gasteiger partial charge in [-0.1, -0.05) is 32.0 Å². The first-order chi connectivity index (χ1) is 10.2. The first kappa shape index (κ1) is 15.6.